The smallest absolute Gasteiger partial charge is 0.271 e. The van der Waals surface area contributed by atoms with E-state index in [0.717, 1.165) is 23.1 Å². The Kier molecular flexibility index (Phi) is 4.89. The molecule has 24 heavy (non-hydrogen) atoms. The molecule has 3 aromatic rings. The van der Waals surface area contributed by atoms with Crippen LogP contribution in [0.25, 0.3) is 20.4 Å². The predicted octanol–water partition coefficient (Wildman–Crippen LogP) is 2.65. The quantitative estimate of drug-likeness (QED) is 0.689. The Hall–Kier alpha value is -2.28. The number of carbonyl (C=O) groups excluding carboxylic acids is 1. The molecule has 0 fully saturated rings. The zero-order valence-electron chi connectivity index (χ0n) is 13.9. The Balaban J connectivity index is 1.95. The van der Waals surface area contributed by atoms with E-state index in [2.05, 4.69) is 9.97 Å². The molecule has 0 N–H and O–H groups in total. The molecule has 0 radical (unpaired) electrons. The van der Waals surface area contributed by atoms with Crippen LogP contribution in [-0.4, -0.2) is 38.4 Å². The monoisotopic (exact) mass is 344 g/mol. The number of nitrogens with zero attached hydrogens (tertiary/aromatic N) is 4. The van der Waals surface area contributed by atoms with Gasteiger partial charge in [-0.25, -0.2) is 9.97 Å². The van der Waals surface area contributed by atoms with Gasteiger partial charge in [0.25, 0.3) is 5.56 Å². The lowest BCUT2D eigenvalue weighted by Crippen LogP contribution is -2.37. The van der Waals surface area contributed by atoms with E-state index in [1.807, 2.05) is 30.9 Å². The summed E-state index contributed by atoms with van der Waals surface area (Å²) in [5.41, 5.74) is 0.486. The average molecular weight is 344 g/mol. The second kappa shape index (κ2) is 7.09. The van der Waals surface area contributed by atoms with Crippen LogP contribution in [0, 0.1) is 0 Å². The van der Waals surface area contributed by atoms with E-state index in [-0.39, 0.29) is 18.0 Å². The van der Waals surface area contributed by atoms with Gasteiger partial charge < -0.3 is 4.90 Å². The van der Waals surface area contributed by atoms with Crippen LogP contribution in [0.1, 0.15) is 26.7 Å². The normalized spacial score (nSPS) is 11.2. The molecule has 0 aliphatic carbocycles. The number of rotatable bonds is 6. The number of amides is 1. The van der Waals surface area contributed by atoms with Gasteiger partial charge >= 0.3 is 0 Å². The molecule has 6 nitrogen and oxygen atoms in total. The Morgan fingerprint density at radius 2 is 2.00 bits per heavy atom. The van der Waals surface area contributed by atoms with E-state index in [9.17, 15) is 9.59 Å². The number of pyridine rings is 1. The van der Waals surface area contributed by atoms with Crippen molar-refractivity contribution >= 4 is 37.7 Å². The molecule has 0 saturated carbocycles. The van der Waals surface area contributed by atoms with Gasteiger partial charge in [0.1, 0.15) is 16.1 Å². The van der Waals surface area contributed by atoms with Gasteiger partial charge in [0, 0.05) is 24.7 Å². The van der Waals surface area contributed by atoms with Crippen molar-refractivity contribution in [3.8, 4) is 0 Å². The minimum Gasteiger partial charge on any atom is -0.341 e. The highest BCUT2D eigenvalue weighted by atomic mass is 32.1. The van der Waals surface area contributed by atoms with Crippen LogP contribution in [0.15, 0.2) is 29.5 Å². The minimum absolute atomic E-state index is 0.0312. The topological polar surface area (TPSA) is 68.1 Å². The highest BCUT2D eigenvalue weighted by Crippen LogP contribution is 2.27. The van der Waals surface area contributed by atoms with Crippen molar-refractivity contribution in [1.82, 2.24) is 19.4 Å². The highest BCUT2D eigenvalue weighted by Gasteiger charge is 2.16. The van der Waals surface area contributed by atoms with Crippen molar-refractivity contribution < 1.29 is 4.79 Å². The maximum Gasteiger partial charge on any atom is 0.271 e. The first-order valence-corrected chi connectivity index (χ1v) is 8.97. The van der Waals surface area contributed by atoms with Gasteiger partial charge in [-0.15, -0.1) is 11.3 Å². The molecule has 0 unspecified atom stereocenters. The largest absolute Gasteiger partial charge is 0.341 e. The Morgan fingerprint density at radius 1 is 1.25 bits per heavy atom. The molecule has 0 aliphatic heterocycles. The van der Waals surface area contributed by atoms with Gasteiger partial charge in [0.2, 0.25) is 5.91 Å². The molecule has 0 spiro atoms. The Labute approximate surface area is 143 Å². The molecule has 0 saturated heterocycles. The average Bonchev–Trinajstić information content (AvgIpc) is 2.96. The maximum absolute atomic E-state index is 12.7. The highest BCUT2D eigenvalue weighted by molar-refractivity contribution is 7.25. The van der Waals surface area contributed by atoms with E-state index in [1.54, 1.807) is 6.20 Å². The molecule has 7 heteroatoms. The zero-order chi connectivity index (χ0) is 17.1. The van der Waals surface area contributed by atoms with E-state index < -0.39 is 0 Å². The lowest BCUT2D eigenvalue weighted by Gasteiger charge is -2.21. The van der Waals surface area contributed by atoms with Gasteiger partial charge in [-0.3, -0.25) is 14.2 Å². The van der Waals surface area contributed by atoms with E-state index in [0.29, 0.717) is 23.3 Å². The van der Waals surface area contributed by atoms with Crippen LogP contribution in [0.5, 0.6) is 0 Å². The summed E-state index contributed by atoms with van der Waals surface area (Å²) in [4.78, 5) is 36.5. The van der Waals surface area contributed by atoms with Crippen molar-refractivity contribution in [3.63, 3.8) is 0 Å². The lowest BCUT2D eigenvalue weighted by atomic mass is 10.3. The third-order valence-electron chi connectivity index (χ3n) is 3.87. The SMILES string of the molecule is CCCN(CCC)C(=O)Cn1cnc2c(sc3ncccc32)c1=O. The summed E-state index contributed by atoms with van der Waals surface area (Å²) < 4.78 is 1.95. The third kappa shape index (κ3) is 3.03. The molecule has 0 atom stereocenters. The summed E-state index contributed by atoms with van der Waals surface area (Å²) in [5, 5.41) is 0.881. The molecule has 0 aliphatic rings. The van der Waals surface area contributed by atoms with Gasteiger partial charge in [0.05, 0.1) is 11.8 Å². The molecule has 3 heterocycles. The van der Waals surface area contributed by atoms with E-state index in [4.69, 9.17) is 0 Å². The molecule has 3 rings (SSSR count). The number of fused-ring (bicyclic) bond motifs is 3. The summed E-state index contributed by atoms with van der Waals surface area (Å²) in [5.74, 6) is -0.0406. The lowest BCUT2D eigenvalue weighted by molar-refractivity contribution is -0.132. The fraction of sp³-hybridized carbons (Fsp3) is 0.412. The Morgan fingerprint density at radius 3 is 2.71 bits per heavy atom. The van der Waals surface area contributed by atoms with E-state index >= 15 is 0 Å². The second-order valence-electron chi connectivity index (χ2n) is 5.69. The number of thiophene rings is 1. The maximum atomic E-state index is 12.7. The summed E-state index contributed by atoms with van der Waals surface area (Å²) in [6.45, 7) is 5.54. The zero-order valence-corrected chi connectivity index (χ0v) is 14.7. The minimum atomic E-state index is -0.177. The van der Waals surface area contributed by atoms with Gasteiger partial charge in [0.15, 0.2) is 0 Å². The van der Waals surface area contributed by atoms with Crippen LogP contribution in [0.3, 0.4) is 0 Å². The summed E-state index contributed by atoms with van der Waals surface area (Å²) in [7, 11) is 0. The first kappa shape index (κ1) is 16.6. The number of carbonyl (C=O) groups is 1. The fourth-order valence-electron chi connectivity index (χ4n) is 2.76. The summed E-state index contributed by atoms with van der Waals surface area (Å²) in [6, 6.07) is 3.74. The molecule has 0 bridgehead atoms. The molecular weight excluding hydrogens is 324 g/mol. The van der Waals surface area contributed by atoms with Gasteiger partial charge in [-0.1, -0.05) is 13.8 Å². The van der Waals surface area contributed by atoms with Crippen molar-refractivity contribution in [3.05, 3.63) is 35.0 Å². The van der Waals surface area contributed by atoms with Gasteiger partial charge in [-0.05, 0) is 25.0 Å². The van der Waals surface area contributed by atoms with Crippen molar-refractivity contribution in [2.75, 3.05) is 13.1 Å². The number of hydrogen-bond acceptors (Lipinski definition) is 5. The van der Waals surface area contributed by atoms with E-state index in [1.165, 1.54) is 22.2 Å². The summed E-state index contributed by atoms with van der Waals surface area (Å²) in [6.07, 6.45) is 4.98. The van der Waals surface area contributed by atoms with Crippen LogP contribution in [-0.2, 0) is 11.3 Å². The number of hydrogen-bond donors (Lipinski definition) is 0. The molecule has 126 valence electrons. The van der Waals surface area contributed by atoms with Crippen LogP contribution < -0.4 is 5.56 Å². The second-order valence-corrected chi connectivity index (χ2v) is 6.69. The fourth-order valence-corrected chi connectivity index (χ4v) is 3.81. The first-order valence-electron chi connectivity index (χ1n) is 8.16. The first-order chi connectivity index (χ1) is 11.7. The van der Waals surface area contributed by atoms with Crippen LogP contribution in [0.4, 0.5) is 0 Å². The predicted molar refractivity (Wildman–Crippen MR) is 96.3 cm³/mol. The number of aromatic nitrogens is 3. The molecule has 1 amide bonds. The van der Waals surface area contributed by atoms with Crippen molar-refractivity contribution in [2.45, 2.75) is 33.2 Å². The summed E-state index contributed by atoms with van der Waals surface area (Å²) >= 11 is 1.33. The van der Waals surface area contributed by atoms with Crippen LogP contribution in [0.2, 0.25) is 0 Å². The third-order valence-corrected chi connectivity index (χ3v) is 4.96. The van der Waals surface area contributed by atoms with Crippen molar-refractivity contribution in [2.24, 2.45) is 0 Å². The van der Waals surface area contributed by atoms with Crippen molar-refractivity contribution in [1.29, 1.82) is 0 Å². The standard InChI is InChI=1S/C17H20N4O2S/c1-3-8-20(9-4-2)13(22)10-21-11-19-14-12-6-5-7-18-16(12)24-15(14)17(21)23/h5-7,11H,3-4,8-10H2,1-2H3. The Bertz CT molecular complexity index is 925. The van der Waals surface area contributed by atoms with Crippen LogP contribution >= 0.6 is 11.3 Å². The molecule has 3 aromatic heterocycles. The molecular formula is C17H20N4O2S. The van der Waals surface area contributed by atoms with Gasteiger partial charge in [-0.2, -0.15) is 0 Å². The molecule has 0 aromatic carbocycles.